The van der Waals surface area contributed by atoms with Crippen molar-refractivity contribution in [2.75, 3.05) is 25.3 Å². The van der Waals surface area contributed by atoms with Crippen molar-refractivity contribution in [3.8, 4) is 0 Å². The number of benzene rings is 2. The summed E-state index contributed by atoms with van der Waals surface area (Å²) < 4.78 is 10.3. The zero-order chi connectivity index (χ0) is 33.6. The number of carbonyl (C=O) groups is 2. The molecule has 0 bridgehead atoms. The highest BCUT2D eigenvalue weighted by Crippen LogP contribution is 2.30. The van der Waals surface area contributed by atoms with E-state index in [4.69, 9.17) is 27.5 Å². The first-order valence-electron chi connectivity index (χ1n) is 14.0. The van der Waals surface area contributed by atoms with E-state index in [1.807, 2.05) is 47.6 Å². The third-order valence-corrected chi connectivity index (χ3v) is 7.52. The van der Waals surface area contributed by atoms with Gasteiger partial charge >= 0.3 is 11.9 Å². The number of nitrogen functional groups attached to an aromatic ring is 1. The standard InChI is InChI=1S/C19H21ClN6O2.C11H10BrNO2.C2H6/c1-19(2,3)26-17-14(16(22)23-8-24-17)15(21)13-7-10-11(20)5-9(18(27)28-4)6-12(10)25-13;1-6-8-4-3-7(11(14)15-2)5-9(8)13-10(6)12;1-2/h5-8,21,25H,1-4H3,(H3,22,23,24,26);3-5,13H,1-2H3;1-2H3. The van der Waals surface area contributed by atoms with Crippen LogP contribution in [0, 0.1) is 12.3 Å². The van der Waals surface area contributed by atoms with E-state index in [1.165, 1.54) is 26.6 Å². The van der Waals surface area contributed by atoms with Crippen molar-refractivity contribution < 1.29 is 19.1 Å². The van der Waals surface area contributed by atoms with Crippen molar-refractivity contribution in [2.45, 2.75) is 47.1 Å². The molecule has 3 aromatic heterocycles. The highest BCUT2D eigenvalue weighted by atomic mass is 79.9. The van der Waals surface area contributed by atoms with Crippen LogP contribution in [-0.4, -0.2) is 57.3 Å². The first kappa shape index (κ1) is 35.1. The molecule has 13 heteroatoms. The largest absolute Gasteiger partial charge is 0.465 e. The van der Waals surface area contributed by atoms with Gasteiger partial charge in [-0.15, -0.1) is 0 Å². The van der Waals surface area contributed by atoms with Crippen molar-refractivity contribution in [2.24, 2.45) is 0 Å². The summed E-state index contributed by atoms with van der Waals surface area (Å²) in [4.78, 5) is 37.7. The van der Waals surface area contributed by atoms with Crippen LogP contribution in [0.1, 0.15) is 72.2 Å². The molecule has 6 N–H and O–H groups in total. The van der Waals surface area contributed by atoms with Crippen LogP contribution in [0.3, 0.4) is 0 Å². The molecule has 45 heavy (non-hydrogen) atoms. The predicted molar refractivity (Wildman–Crippen MR) is 184 cm³/mol. The van der Waals surface area contributed by atoms with E-state index in [0.717, 1.165) is 21.1 Å². The molecule has 0 amide bonds. The van der Waals surface area contributed by atoms with E-state index in [0.29, 0.717) is 44.1 Å². The fourth-order valence-corrected chi connectivity index (χ4v) is 5.04. The Bertz CT molecular complexity index is 1880. The first-order valence-corrected chi connectivity index (χ1v) is 15.2. The van der Waals surface area contributed by atoms with Crippen LogP contribution in [-0.2, 0) is 9.47 Å². The number of hydrogen-bond donors (Lipinski definition) is 5. The SMILES string of the molecule is CC.COC(=O)c1cc(Cl)c2cc(C(=N)c3c(N)ncnc3NC(C)(C)C)[nH]c2c1.COC(=O)c1ccc2c(C)c(Br)[nH]c2c1. The summed E-state index contributed by atoms with van der Waals surface area (Å²) in [6.45, 7) is 12.0. The molecular weight excluding hydrogens is 662 g/mol. The maximum absolute atomic E-state index is 11.8. The van der Waals surface area contributed by atoms with Gasteiger partial charge in [-0.05, 0) is 79.5 Å². The van der Waals surface area contributed by atoms with Gasteiger partial charge in [-0.3, -0.25) is 5.41 Å². The van der Waals surface area contributed by atoms with Gasteiger partial charge in [-0.25, -0.2) is 19.6 Å². The number of anilines is 2. The number of aryl methyl sites for hydroxylation is 1. The molecule has 0 fully saturated rings. The van der Waals surface area contributed by atoms with Gasteiger partial charge in [0.1, 0.15) is 18.0 Å². The topological polar surface area (TPSA) is 172 Å². The Balaban J connectivity index is 0.000000273. The molecule has 0 radical (unpaired) electrons. The molecule has 5 aromatic rings. The average Bonchev–Trinajstić information content (AvgIpc) is 3.57. The van der Waals surface area contributed by atoms with E-state index < -0.39 is 5.97 Å². The fraction of sp³-hybridized carbons (Fsp3) is 0.281. The molecule has 11 nitrogen and oxygen atoms in total. The van der Waals surface area contributed by atoms with Gasteiger partial charge in [0.25, 0.3) is 0 Å². The molecule has 0 aliphatic carbocycles. The predicted octanol–water partition coefficient (Wildman–Crippen LogP) is 7.66. The Morgan fingerprint density at radius 1 is 0.956 bits per heavy atom. The van der Waals surface area contributed by atoms with Crippen LogP contribution in [0.4, 0.5) is 11.6 Å². The second kappa shape index (κ2) is 14.6. The van der Waals surface area contributed by atoms with Gasteiger partial charge in [-0.2, -0.15) is 0 Å². The summed E-state index contributed by atoms with van der Waals surface area (Å²) in [5.74, 6) is -0.163. The third kappa shape index (κ3) is 8.00. The molecule has 0 spiro atoms. The van der Waals surface area contributed by atoms with Crippen LogP contribution >= 0.6 is 27.5 Å². The lowest BCUT2D eigenvalue weighted by atomic mass is 10.1. The smallest absolute Gasteiger partial charge is 0.337 e. The number of nitrogens with one attached hydrogen (secondary N) is 4. The lowest BCUT2D eigenvalue weighted by Crippen LogP contribution is -2.28. The molecule has 0 aliphatic rings. The quantitative estimate of drug-likeness (QED) is 0.0919. The summed E-state index contributed by atoms with van der Waals surface area (Å²) in [5, 5.41) is 14.1. The number of aromatic nitrogens is 4. The molecule has 3 heterocycles. The number of nitrogens with zero attached hydrogens (tertiary/aromatic N) is 2. The minimum absolute atomic E-state index is 0.108. The van der Waals surface area contributed by atoms with E-state index in [2.05, 4.69) is 45.9 Å². The Labute approximate surface area is 274 Å². The van der Waals surface area contributed by atoms with Crippen molar-refractivity contribution in [1.29, 1.82) is 5.41 Å². The number of ether oxygens (including phenoxy) is 2. The second-order valence-electron chi connectivity index (χ2n) is 10.6. The molecule has 238 valence electrons. The van der Waals surface area contributed by atoms with Crippen molar-refractivity contribution in [3.05, 3.63) is 80.3 Å². The van der Waals surface area contributed by atoms with Gasteiger partial charge in [0.05, 0.1) is 51.9 Å². The van der Waals surface area contributed by atoms with Gasteiger partial charge in [0, 0.05) is 27.3 Å². The zero-order valence-corrected chi connectivity index (χ0v) is 28.7. The Kier molecular flexibility index (Phi) is 11.4. The van der Waals surface area contributed by atoms with Crippen LogP contribution in [0.5, 0.6) is 0 Å². The van der Waals surface area contributed by atoms with E-state index in [9.17, 15) is 9.59 Å². The number of methoxy groups -OCH3 is 2. The molecule has 0 unspecified atom stereocenters. The van der Waals surface area contributed by atoms with Crippen molar-refractivity contribution in [1.82, 2.24) is 19.9 Å². The Morgan fingerprint density at radius 2 is 1.56 bits per heavy atom. The number of aromatic amines is 2. The normalized spacial score (nSPS) is 10.8. The molecule has 5 rings (SSSR count). The summed E-state index contributed by atoms with van der Waals surface area (Å²) in [7, 11) is 2.68. The molecule has 2 aromatic carbocycles. The monoisotopic (exact) mass is 697 g/mol. The molecule has 0 atom stereocenters. The minimum atomic E-state index is -0.493. The maximum Gasteiger partial charge on any atom is 0.337 e. The fourth-order valence-electron chi connectivity index (χ4n) is 4.34. The molecule has 0 saturated carbocycles. The van der Waals surface area contributed by atoms with E-state index in [1.54, 1.807) is 24.3 Å². The zero-order valence-electron chi connectivity index (χ0n) is 26.4. The van der Waals surface area contributed by atoms with Crippen LogP contribution < -0.4 is 11.1 Å². The van der Waals surface area contributed by atoms with E-state index in [-0.39, 0.29) is 23.0 Å². The summed E-state index contributed by atoms with van der Waals surface area (Å²) >= 11 is 9.73. The first-order chi connectivity index (χ1) is 21.2. The summed E-state index contributed by atoms with van der Waals surface area (Å²) in [5.41, 5.74) is 10.3. The number of nitrogens with two attached hydrogens (primary N) is 1. The number of fused-ring (bicyclic) bond motifs is 2. The number of esters is 2. The number of halogens is 2. The lowest BCUT2D eigenvalue weighted by Gasteiger charge is -2.23. The minimum Gasteiger partial charge on any atom is -0.465 e. The Hall–Kier alpha value is -4.42. The van der Waals surface area contributed by atoms with Crippen molar-refractivity contribution in [3.63, 3.8) is 0 Å². The van der Waals surface area contributed by atoms with Crippen LogP contribution in [0.25, 0.3) is 21.8 Å². The van der Waals surface area contributed by atoms with E-state index >= 15 is 0 Å². The van der Waals surface area contributed by atoms with Gasteiger partial charge in [-0.1, -0.05) is 31.5 Å². The molecule has 0 saturated heterocycles. The lowest BCUT2D eigenvalue weighted by molar-refractivity contribution is 0.0592. The third-order valence-electron chi connectivity index (χ3n) is 6.42. The molecular formula is C32H37BrClN7O4. The summed E-state index contributed by atoms with van der Waals surface area (Å²) in [6.07, 6.45) is 1.35. The van der Waals surface area contributed by atoms with Gasteiger partial charge in [0.15, 0.2) is 0 Å². The Morgan fingerprint density at radius 3 is 2.18 bits per heavy atom. The average molecular weight is 699 g/mol. The molecule has 0 aliphatic heterocycles. The number of rotatable bonds is 5. The number of carbonyl (C=O) groups excluding carboxylic acids is 2. The maximum atomic E-state index is 11.8. The summed E-state index contributed by atoms with van der Waals surface area (Å²) in [6, 6.07) is 10.4. The van der Waals surface area contributed by atoms with Crippen molar-refractivity contribution >= 4 is 78.6 Å². The highest BCUT2D eigenvalue weighted by Gasteiger charge is 2.22. The van der Waals surface area contributed by atoms with Crippen LogP contribution in [0.2, 0.25) is 5.02 Å². The van der Waals surface area contributed by atoms with Crippen LogP contribution in [0.15, 0.2) is 47.3 Å². The number of H-pyrrole nitrogens is 2. The number of hydrogen-bond acceptors (Lipinski definition) is 9. The van der Waals surface area contributed by atoms with Gasteiger partial charge < -0.3 is 30.5 Å². The highest BCUT2D eigenvalue weighted by molar-refractivity contribution is 9.10. The van der Waals surface area contributed by atoms with Gasteiger partial charge in [0.2, 0.25) is 0 Å². The second-order valence-corrected chi connectivity index (χ2v) is 11.8.